The lowest BCUT2D eigenvalue weighted by atomic mass is 10.1. The largest absolute Gasteiger partial charge is 0.497 e. The molecule has 0 saturated heterocycles. The maximum Gasteiger partial charge on any atom is 0.131 e. The van der Waals surface area contributed by atoms with Crippen LogP contribution in [-0.4, -0.2) is 18.6 Å². The number of nitrogens with two attached hydrogens (primary N) is 1. The van der Waals surface area contributed by atoms with Gasteiger partial charge < -0.3 is 15.2 Å². The van der Waals surface area contributed by atoms with Gasteiger partial charge in [-0.3, -0.25) is 0 Å². The van der Waals surface area contributed by atoms with Gasteiger partial charge in [-0.25, -0.2) is 4.98 Å². The smallest absolute Gasteiger partial charge is 0.131 e. The molecule has 102 valence electrons. The van der Waals surface area contributed by atoms with E-state index in [-0.39, 0.29) is 0 Å². The minimum atomic E-state index is 0.480. The molecule has 0 amide bonds. The second-order valence-corrected chi connectivity index (χ2v) is 5.22. The summed E-state index contributed by atoms with van der Waals surface area (Å²) in [6.45, 7) is 3.05. The van der Waals surface area contributed by atoms with Crippen molar-refractivity contribution in [2.45, 2.75) is 20.0 Å². The number of benzene rings is 1. The number of aromatic nitrogens is 1. The number of methoxy groups -OCH3 is 1. The zero-order chi connectivity index (χ0) is 13.7. The van der Waals surface area contributed by atoms with Crippen molar-refractivity contribution in [3.63, 3.8) is 0 Å². The van der Waals surface area contributed by atoms with Crippen LogP contribution in [0.15, 0.2) is 23.6 Å². The first-order valence-corrected chi connectivity index (χ1v) is 7.01. The zero-order valence-corrected chi connectivity index (χ0v) is 12.0. The Morgan fingerprint density at radius 2 is 2.21 bits per heavy atom. The minimum absolute atomic E-state index is 0.480. The molecule has 0 aliphatic rings. The van der Waals surface area contributed by atoms with Crippen LogP contribution in [0.4, 0.5) is 0 Å². The second kappa shape index (κ2) is 6.54. The number of nitrogens with zero attached hydrogens (tertiary/aromatic N) is 1. The summed E-state index contributed by atoms with van der Waals surface area (Å²) in [5.41, 5.74) is 7.64. The first-order valence-electron chi connectivity index (χ1n) is 6.13. The Kier molecular flexibility index (Phi) is 4.76. The van der Waals surface area contributed by atoms with Crippen LogP contribution in [0, 0.1) is 6.92 Å². The fraction of sp³-hybridized carbons (Fsp3) is 0.357. The van der Waals surface area contributed by atoms with Gasteiger partial charge in [-0.15, -0.1) is 11.3 Å². The van der Waals surface area contributed by atoms with Gasteiger partial charge in [-0.1, -0.05) is 0 Å². The molecule has 19 heavy (non-hydrogen) atoms. The third-order valence-electron chi connectivity index (χ3n) is 2.72. The molecule has 2 rings (SSSR count). The number of rotatable bonds is 6. The molecule has 0 saturated carbocycles. The van der Waals surface area contributed by atoms with Crippen LogP contribution in [0.3, 0.4) is 0 Å². The lowest BCUT2D eigenvalue weighted by Gasteiger charge is -2.11. The van der Waals surface area contributed by atoms with Crippen molar-refractivity contribution in [2.24, 2.45) is 5.73 Å². The van der Waals surface area contributed by atoms with Crippen LogP contribution in [0.1, 0.15) is 16.3 Å². The molecule has 0 atom stereocenters. The van der Waals surface area contributed by atoms with Crippen LogP contribution in [0.2, 0.25) is 0 Å². The normalized spacial score (nSPS) is 10.5. The van der Waals surface area contributed by atoms with E-state index in [0.29, 0.717) is 13.2 Å². The Hall–Kier alpha value is -1.59. The van der Waals surface area contributed by atoms with Crippen molar-refractivity contribution < 1.29 is 9.47 Å². The van der Waals surface area contributed by atoms with E-state index in [1.807, 2.05) is 30.5 Å². The number of hydrogen-bond acceptors (Lipinski definition) is 5. The lowest BCUT2D eigenvalue weighted by Crippen LogP contribution is -2.06. The van der Waals surface area contributed by atoms with Gasteiger partial charge in [0.05, 0.1) is 17.8 Å². The third-order valence-corrected chi connectivity index (χ3v) is 3.55. The highest BCUT2D eigenvalue weighted by molar-refractivity contribution is 7.09. The molecule has 1 aromatic carbocycles. The Labute approximate surface area is 117 Å². The standard InChI is InChI=1S/C14H18N2O2S/c1-10-16-12(9-19-10)8-18-14-4-3-13(17-2)7-11(14)5-6-15/h3-4,7,9H,5-6,8,15H2,1-2H3. The highest BCUT2D eigenvalue weighted by Crippen LogP contribution is 2.25. The van der Waals surface area contributed by atoms with Gasteiger partial charge in [0.1, 0.15) is 18.1 Å². The van der Waals surface area contributed by atoms with Gasteiger partial charge in [0.15, 0.2) is 0 Å². The Balaban J connectivity index is 2.10. The molecule has 1 heterocycles. The van der Waals surface area contributed by atoms with E-state index in [1.165, 1.54) is 0 Å². The van der Waals surface area contributed by atoms with E-state index < -0.39 is 0 Å². The van der Waals surface area contributed by atoms with Crippen molar-refractivity contribution in [3.05, 3.63) is 39.8 Å². The molecule has 2 N–H and O–H groups in total. The molecular formula is C14H18N2O2S. The maximum atomic E-state index is 5.82. The molecule has 1 aromatic heterocycles. The molecule has 0 unspecified atom stereocenters. The predicted molar refractivity (Wildman–Crippen MR) is 76.9 cm³/mol. The van der Waals surface area contributed by atoms with Crippen molar-refractivity contribution in [2.75, 3.05) is 13.7 Å². The van der Waals surface area contributed by atoms with Gasteiger partial charge >= 0.3 is 0 Å². The average molecular weight is 278 g/mol. The van der Waals surface area contributed by atoms with Crippen molar-refractivity contribution >= 4 is 11.3 Å². The number of hydrogen-bond donors (Lipinski definition) is 1. The zero-order valence-electron chi connectivity index (χ0n) is 11.2. The third kappa shape index (κ3) is 3.68. The maximum absolute atomic E-state index is 5.82. The molecule has 5 heteroatoms. The first kappa shape index (κ1) is 13.8. The van der Waals surface area contributed by atoms with E-state index in [4.69, 9.17) is 15.2 Å². The van der Waals surface area contributed by atoms with Gasteiger partial charge in [0, 0.05) is 5.38 Å². The van der Waals surface area contributed by atoms with E-state index in [9.17, 15) is 0 Å². The summed E-state index contributed by atoms with van der Waals surface area (Å²) in [6.07, 6.45) is 0.766. The first-order chi connectivity index (χ1) is 9.22. The molecule has 0 bridgehead atoms. The van der Waals surface area contributed by atoms with Gasteiger partial charge in [-0.05, 0) is 43.7 Å². The molecule has 2 aromatic rings. The summed E-state index contributed by atoms with van der Waals surface area (Å²) in [4.78, 5) is 4.38. The molecule has 0 fully saturated rings. The van der Waals surface area contributed by atoms with E-state index >= 15 is 0 Å². The summed E-state index contributed by atoms with van der Waals surface area (Å²) in [7, 11) is 1.65. The lowest BCUT2D eigenvalue weighted by molar-refractivity contribution is 0.298. The summed E-state index contributed by atoms with van der Waals surface area (Å²) < 4.78 is 11.0. The van der Waals surface area contributed by atoms with Crippen LogP contribution < -0.4 is 15.2 Å². The van der Waals surface area contributed by atoms with Crippen molar-refractivity contribution in [1.29, 1.82) is 0 Å². The highest BCUT2D eigenvalue weighted by Gasteiger charge is 2.07. The molecule has 0 aliphatic carbocycles. The predicted octanol–water partition coefficient (Wildman–Crippen LogP) is 2.54. The Morgan fingerprint density at radius 3 is 2.84 bits per heavy atom. The molecule has 0 radical (unpaired) electrons. The summed E-state index contributed by atoms with van der Waals surface area (Å²) >= 11 is 1.63. The Morgan fingerprint density at radius 1 is 1.37 bits per heavy atom. The Bertz CT molecular complexity index is 540. The fourth-order valence-electron chi connectivity index (χ4n) is 1.80. The van der Waals surface area contributed by atoms with Crippen LogP contribution in [-0.2, 0) is 13.0 Å². The topological polar surface area (TPSA) is 57.4 Å². The summed E-state index contributed by atoms with van der Waals surface area (Å²) in [5, 5.41) is 3.07. The van der Waals surface area contributed by atoms with Crippen molar-refractivity contribution in [1.82, 2.24) is 4.98 Å². The van der Waals surface area contributed by atoms with Crippen LogP contribution >= 0.6 is 11.3 Å². The van der Waals surface area contributed by atoms with Gasteiger partial charge in [0.25, 0.3) is 0 Å². The SMILES string of the molecule is COc1ccc(OCc2csc(C)n2)c(CCN)c1. The van der Waals surface area contributed by atoms with Gasteiger partial charge in [-0.2, -0.15) is 0 Å². The highest BCUT2D eigenvalue weighted by atomic mass is 32.1. The number of thiazole rings is 1. The molecular weight excluding hydrogens is 260 g/mol. The molecule has 0 spiro atoms. The minimum Gasteiger partial charge on any atom is -0.497 e. The monoisotopic (exact) mass is 278 g/mol. The van der Waals surface area contributed by atoms with E-state index in [1.54, 1.807) is 18.4 Å². The number of ether oxygens (including phenoxy) is 2. The van der Waals surface area contributed by atoms with E-state index in [2.05, 4.69) is 4.98 Å². The molecule has 0 aliphatic heterocycles. The van der Waals surface area contributed by atoms with Crippen LogP contribution in [0.5, 0.6) is 11.5 Å². The number of aryl methyl sites for hydroxylation is 1. The van der Waals surface area contributed by atoms with Crippen molar-refractivity contribution in [3.8, 4) is 11.5 Å². The van der Waals surface area contributed by atoms with Crippen LogP contribution in [0.25, 0.3) is 0 Å². The summed E-state index contributed by atoms with van der Waals surface area (Å²) in [5.74, 6) is 1.66. The van der Waals surface area contributed by atoms with Gasteiger partial charge in [0.2, 0.25) is 0 Å². The second-order valence-electron chi connectivity index (χ2n) is 4.16. The fourth-order valence-corrected chi connectivity index (χ4v) is 2.40. The average Bonchev–Trinajstić information content (AvgIpc) is 2.83. The summed E-state index contributed by atoms with van der Waals surface area (Å²) in [6, 6.07) is 5.78. The molecule has 4 nitrogen and oxygen atoms in total. The quantitative estimate of drug-likeness (QED) is 0.882. The van der Waals surface area contributed by atoms with E-state index in [0.717, 1.165) is 34.2 Å².